The van der Waals surface area contributed by atoms with E-state index in [2.05, 4.69) is 54.9 Å². The van der Waals surface area contributed by atoms with E-state index in [1.807, 2.05) is 21.0 Å². The molecule has 5 nitrogen and oxygen atoms in total. The highest BCUT2D eigenvalue weighted by atomic mass is 79.9. The number of aryl methyl sites for hydroxylation is 1. The molecule has 0 amide bonds. The van der Waals surface area contributed by atoms with Crippen LogP contribution in [0, 0.1) is 0 Å². The maximum absolute atomic E-state index is 5.32. The van der Waals surface area contributed by atoms with Crippen molar-refractivity contribution in [2.24, 2.45) is 12.0 Å². The molecule has 0 spiro atoms. The Morgan fingerprint density at radius 2 is 2.25 bits per heavy atom. The number of nitrogens with zero attached hydrogens (tertiary/aromatic N) is 3. The molecular weight excluding hydrogens is 320 g/mol. The normalized spacial score (nSPS) is 11.8. The molecule has 0 aliphatic heterocycles. The van der Waals surface area contributed by atoms with Crippen LogP contribution in [-0.2, 0) is 18.3 Å². The van der Waals surface area contributed by atoms with Gasteiger partial charge in [0.2, 0.25) is 0 Å². The number of halogens is 1. The summed E-state index contributed by atoms with van der Waals surface area (Å²) in [6, 6.07) is 2.13. The van der Waals surface area contributed by atoms with Crippen LogP contribution < -0.4 is 5.32 Å². The average molecular weight is 345 g/mol. The molecule has 0 saturated carbocycles. The van der Waals surface area contributed by atoms with Crippen LogP contribution in [-0.4, -0.2) is 48.8 Å². The smallest absolute Gasteiger partial charge is 0.194 e. The Morgan fingerprint density at radius 3 is 2.80 bits per heavy atom. The minimum atomic E-state index is 0.662. The molecule has 6 heteroatoms. The number of hydrogen-bond acceptors (Lipinski definition) is 2. The van der Waals surface area contributed by atoms with Gasteiger partial charge in [0.05, 0.1) is 19.7 Å². The number of ether oxygens (including phenoxy) is 1. The minimum absolute atomic E-state index is 0.662. The monoisotopic (exact) mass is 344 g/mol. The average Bonchev–Trinajstić information content (AvgIpc) is 2.71. The molecule has 0 saturated heterocycles. The minimum Gasteiger partial charge on any atom is -0.380 e. The van der Waals surface area contributed by atoms with Crippen molar-refractivity contribution in [3.8, 4) is 0 Å². The van der Waals surface area contributed by atoms with E-state index in [9.17, 15) is 0 Å². The van der Waals surface area contributed by atoms with E-state index >= 15 is 0 Å². The number of nitrogens with one attached hydrogen (secondary N) is 1. The van der Waals surface area contributed by atoms with Crippen molar-refractivity contribution in [1.29, 1.82) is 0 Å². The van der Waals surface area contributed by atoms with E-state index in [1.165, 1.54) is 5.69 Å². The molecule has 1 N–H and O–H groups in total. The fourth-order valence-electron chi connectivity index (χ4n) is 1.87. The largest absolute Gasteiger partial charge is 0.380 e. The van der Waals surface area contributed by atoms with Crippen molar-refractivity contribution in [1.82, 2.24) is 14.8 Å². The molecule has 1 aromatic rings. The van der Waals surface area contributed by atoms with Gasteiger partial charge in [0.15, 0.2) is 5.96 Å². The quantitative estimate of drug-likeness (QED) is 0.468. The highest BCUT2D eigenvalue weighted by Gasteiger charge is 2.09. The third kappa shape index (κ3) is 5.54. The first-order valence-electron chi connectivity index (χ1n) is 6.96. The molecule has 1 aromatic heterocycles. The van der Waals surface area contributed by atoms with Crippen LogP contribution in [0.15, 0.2) is 21.7 Å². The standard InChI is InChI=1S/C14H25BrN4O/c1-5-16-14(17-7-8-20-6-2)19(4)11-13-9-12(15)10-18(13)3/h9-10H,5-8,11H2,1-4H3,(H,16,17). The van der Waals surface area contributed by atoms with Crippen LogP contribution in [0.3, 0.4) is 0 Å². The zero-order chi connectivity index (χ0) is 15.0. The molecule has 20 heavy (non-hydrogen) atoms. The first-order valence-corrected chi connectivity index (χ1v) is 7.75. The summed E-state index contributed by atoms with van der Waals surface area (Å²) >= 11 is 3.50. The molecule has 0 fully saturated rings. The predicted molar refractivity (Wildman–Crippen MR) is 87.1 cm³/mol. The number of aliphatic imine (C=N–C) groups is 1. The molecule has 0 aliphatic carbocycles. The molecule has 114 valence electrons. The molecule has 0 radical (unpaired) electrons. The maximum Gasteiger partial charge on any atom is 0.194 e. The van der Waals surface area contributed by atoms with E-state index in [1.54, 1.807) is 0 Å². The number of rotatable bonds is 7. The summed E-state index contributed by atoms with van der Waals surface area (Å²) in [6.07, 6.45) is 2.06. The van der Waals surface area contributed by atoms with Crippen LogP contribution >= 0.6 is 15.9 Å². The van der Waals surface area contributed by atoms with Gasteiger partial charge >= 0.3 is 0 Å². The van der Waals surface area contributed by atoms with Crippen LogP contribution in [0.25, 0.3) is 0 Å². The highest BCUT2D eigenvalue weighted by Crippen LogP contribution is 2.14. The summed E-state index contributed by atoms with van der Waals surface area (Å²) in [5, 5.41) is 3.31. The zero-order valence-corrected chi connectivity index (χ0v) is 14.4. The van der Waals surface area contributed by atoms with Crippen LogP contribution in [0.1, 0.15) is 19.5 Å². The van der Waals surface area contributed by atoms with Gasteiger partial charge in [-0.1, -0.05) is 0 Å². The lowest BCUT2D eigenvalue weighted by molar-refractivity contribution is 0.155. The van der Waals surface area contributed by atoms with Gasteiger partial charge in [0, 0.05) is 43.6 Å². The summed E-state index contributed by atoms with van der Waals surface area (Å²) in [5.41, 5.74) is 1.23. The SMILES string of the molecule is CCNC(=NCCOCC)N(C)Cc1cc(Br)cn1C. The van der Waals surface area contributed by atoms with Crippen molar-refractivity contribution >= 4 is 21.9 Å². The van der Waals surface area contributed by atoms with E-state index in [0.717, 1.165) is 30.1 Å². The highest BCUT2D eigenvalue weighted by molar-refractivity contribution is 9.10. The number of aromatic nitrogens is 1. The second-order valence-corrected chi connectivity index (χ2v) is 5.46. The summed E-state index contributed by atoms with van der Waals surface area (Å²) in [4.78, 5) is 6.69. The van der Waals surface area contributed by atoms with Crippen molar-refractivity contribution in [2.45, 2.75) is 20.4 Å². The van der Waals surface area contributed by atoms with Gasteiger partial charge in [0.1, 0.15) is 0 Å². The lowest BCUT2D eigenvalue weighted by atomic mass is 10.4. The Morgan fingerprint density at radius 1 is 1.50 bits per heavy atom. The van der Waals surface area contributed by atoms with E-state index in [4.69, 9.17) is 4.74 Å². The van der Waals surface area contributed by atoms with Gasteiger partial charge in [-0.15, -0.1) is 0 Å². The fraction of sp³-hybridized carbons (Fsp3) is 0.643. The van der Waals surface area contributed by atoms with Crippen molar-refractivity contribution < 1.29 is 4.74 Å². The van der Waals surface area contributed by atoms with E-state index < -0.39 is 0 Å². The first-order chi connectivity index (χ1) is 9.58. The van der Waals surface area contributed by atoms with E-state index in [0.29, 0.717) is 13.2 Å². The summed E-state index contributed by atoms with van der Waals surface area (Å²) < 4.78 is 8.53. The van der Waals surface area contributed by atoms with Crippen molar-refractivity contribution in [3.05, 3.63) is 22.4 Å². The van der Waals surface area contributed by atoms with Gasteiger partial charge in [0.25, 0.3) is 0 Å². The Hall–Kier alpha value is -1.01. The number of guanidine groups is 1. The molecule has 0 bridgehead atoms. The number of hydrogen-bond donors (Lipinski definition) is 1. The fourth-order valence-corrected chi connectivity index (χ4v) is 2.44. The Labute approximate surface area is 130 Å². The van der Waals surface area contributed by atoms with Crippen molar-refractivity contribution in [3.63, 3.8) is 0 Å². The van der Waals surface area contributed by atoms with Gasteiger partial charge in [-0.25, -0.2) is 0 Å². The Bertz CT molecular complexity index is 431. The first kappa shape index (κ1) is 17.0. The van der Waals surface area contributed by atoms with Gasteiger partial charge in [-0.05, 0) is 35.8 Å². The Balaban J connectivity index is 2.63. The topological polar surface area (TPSA) is 41.8 Å². The molecule has 0 atom stereocenters. The lowest BCUT2D eigenvalue weighted by Gasteiger charge is -2.22. The van der Waals surface area contributed by atoms with Gasteiger partial charge < -0.3 is 19.5 Å². The Kier molecular flexibility index (Phi) is 7.69. The molecule has 1 rings (SSSR count). The molecule has 0 aliphatic rings. The van der Waals surface area contributed by atoms with E-state index in [-0.39, 0.29) is 0 Å². The van der Waals surface area contributed by atoms with Gasteiger partial charge in [-0.2, -0.15) is 0 Å². The molecular formula is C14H25BrN4O. The second kappa shape index (κ2) is 9.02. The molecule has 0 unspecified atom stereocenters. The molecule has 1 heterocycles. The maximum atomic E-state index is 5.32. The third-order valence-electron chi connectivity index (χ3n) is 2.87. The lowest BCUT2D eigenvalue weighted by Crippen LogP contribution is -2.39. The predicted octanol–water partition coefficient (Wildman–Crippen LogP) is 2.22. The van der Waals surface area contributed by atoms with Crippen LogP contribution in [0.2, 0.25) is 0 Å². The zero-order valence-electron chi connectivity index (χ0n) is 12.8. The van der Waals surface area contributed by atoms with Crippen molar-refractivity contribution in [2.75, 3.05) is 33.4 Å². The summed E-state index contributed by atoms with van der Waals surface area (Å²) in [5.74, 6) is 0.907. The third-order valence-corrected chi connectivity index (χ3v) is 3.31. The van der Waals surface area contributed by atoms with Crippen LogP contribution in [0.5, 0.6) is 0 Å². The van der Waals surface area contributed by atoms with Gasteiger partial charge in [-0.3, -0.25) is 4.99 Å². The van der Waals surface area contributed by atoms with Crippen LogP contribution in [0.4, 0.5) is 0 Å². The molecule has 0 aromatic carbocycles. The summed E-state index contributed by atoms with van der Waals surface area (Å²) in [7, 11) is 4.09. The summed E-state index contributed by atoms with van der Waals surface area (Å²) in [6.45, 7) is 7.81. The second-order valence-electron chi connectivity index (χ2n) is 4.55.